The molecular formula is C21H22N4O3. The van der Waals surface area contributed by atoms with Crippen molar-refractivity contribution in [1.29, 1.82) is 0 Å². The Kier molecular flexibility index (Phi) is 4.99. The van der Waals surface area contributed by atoms with Crippen LogP contribution in [0.3, 0.4) is 0 Å². The lowest BCUT2D eigenvalue weighted by atomic mass is 10.1. The van der Waals surface area contributed by atoms with Crippen LogP contribution in [0.25, 0.3) is 11.3 Å². The first-order valence-electron chi connectivity index (χ1n) is 9.06. The third-order valence-electron chi connectivity index (χ3n) is 4.62. The van der Waals surface area contributed by atoms with Gasteiger partial charge in [0.05, 0.1) is 20.2 Å². The molecule has 2 aromatic carbocycles. The summed E-state index contributed by atoms with van der Waals surface area (Å²) in [4.78, 5) is 6.73. The van der Waals surface area contributed by atoms with E-state index >= 15 is 0 Å². The number of hydrogen-bond donors (Lipinski definition) is 1. The van der Waals surface area contributed by atoms with Gasteiger partial charge in [-0.2, -0.15) is 0 Å². The van der Waals surface area contributed by atoms with Crippen molar-refractivity contribution in [2.24, 2.45) is 10.7 Å². The fraction of sp³-hybridized carbons (Fsp3) is 0.238. The second-order valence-electron chi connectivity index (χ2n) is 6.50. The molecule has 0 unspecified atom stereocenters. The molecule has 0 amide bonds. The SMILES string of the molecule is COc1ccc(Oc2cc(C3=NCCN3C)ccc2-c2cc(CN)on2)cc1. The van der Waals surface area contributed by atoms with Crippen molar-refractivity contribution in [3.8, 4) is 28.5 Å². The lowest BCUT2D eigenvalue weighted by Gasteiger charge is -2.16. The summed E-state index contributed by atoms with van der Waals surface area (Å²) in [7, 11) is 3.67. The molecule has 0 radical (unpaired) electrons. The first-order chi connectivity index (χ1) is 13.7. The van der Waals surface area contributed by atoms with Gasteiger partial charge >= 0.3 is 0 Å². The van der Waals surface area contributed by atoms with Crippen LogP contribution in [0.15, 0.2) is 58.0 Å². The first-order valence-corrected chi connectivity index (χ1v) is 9.06. The lowest BCUT2D eigenvalue weighted by molar-refractivity contribution is 0.386. The van der Waals surface area contributed by atoms with Crippen LogP contribution in [-0.4, -0.2) is 43.1 Å². The molecule has 1 aliphatic heterocycles. The smallest absolute Gasteiger partial charge is 0.150 e. The summed E-state index contributed by atoms with van der Waals surface area (Å²) >= 11 is 0. The maximum absolute atomic E-state index is 6.20. The molecule has 2 N–H and O–H groups in total. The number of likely N-dealkylation sites (N-methyl/N-ethyl adjacent to an activating group) is 1. The molecule has 0 spiro atoms. The molecule has 0 atom stereocenters. The molecule has 0 bridgehead atoms. The van der Waals surface area contributed by atoms with E-state index in [1.54, 1.807) is 7.11 Å². The van der Waals surface area contributed by atoms with Gasteiger partial charge in [-0.15, -0.1) is 0 Å². The normalized spacial score (nSPS) is 13.5. The number of hydrogen-bond acceptors (Lipinski definition) is 7. The number of amidine groups is 1. The Morgan fingerprint density at radius 2 is 1.89 bits per heavy atom. The van der Waals surface area contributed by atoms with E-state index in [2.05, 4.69) is 15.0 Å². The molecule has 1 aromatic heterocycles. The topological polar surface area (TPSA) is 86.1 Å². The third kappa shape index (κ3) is 3.57. The molecule has 7 heteroatoms. The summed E-state index contributed by atoms with van der Waals surface area (Å²) in [6.07, 6.45) is 0. The van der Waals surface area contributed by atoms with Gasteiger partial charge < -0.3 is 24.6 Å². The highest BCUT2D eigenvalue weighted by molar-refractivity contribution is 6.00. The van der Waals surface area contributed by atoms with E-state index < -0.39 is 0 Å². The zero-order chi connectivity index (χ0) is 19.5. The molecule has 7 nitrogen and oxygen atoms in total. The lowest BCUT2D eigenvalue weighted by Crippen LogP contribution is -2.23. The molecular weight excluding hydrogens is 356 g/mol. The quantitative estimate of drug-likeness (QED) is 0.708. The van der Waals surface area contributed by atoms with Gasteiger partial charge in [0.1, 0.15) is 28.8 Å². The molecule has 3 aromatic rings. The van der Waals surface area contributed by atoms with E-state index in [4.69, 9.17) is 19.7 Å². The minimum absolute atomic E-state index is 0.293. The number of methoxy groups -OCH3 is 1. The summed E-state index contributed by atoms with van der Waals surface area (Å²) in [5.74, 6) is 3.71. The summed E-state index contributed by atoms with van der Waals surface area (Å²) < 4.78 is 16.7. The molecule has 0 aliphatic carbocycles. The van der Waals surface area contributed by atoms with Crippen LogP contribution < -0.4 is 15.2 Å². The van der Waals surface area contributed by atoms with Crippen molar-refractivity contribution in [3.63, 3.8) is 0 Å². The van der Waals surface area contributed by atoms with E-state index in [1.807, 2.05) is 55.6 Å². The molecule has 4 rings (SSSR count). The third-order valence-corrected chi connectivity index (χ3v) is 4.62. The van der Waals surface area contributed by atoms with E-state index in [0.717, 1.165) is 35.8 Å². The van der Waals surface area contributed by atoms with Gasteiger partial charge in [0.25, 0.3) is 0 Å². The van der Waals surface area contributed by atoms with Crippen molar-refractivity contribution in [2.45, 2.75) is 6.54 Å². The standard InChI is InChI=1S/C21H22N4O3/c1-25-10-9-23-21(25)14-3-8-18(19-12-17(13-22)28-24-19)20(11-14)27-16-6-4-15(26-2)5-7-16/h3-8,11-12H,9-10,13,22H2,1-2H3. The zero-order valence-electron chi connectivity index (χ0n) is 15.9. The van der Waals surface area contributed by atoms with Crippen LogP contribution in [0.2, 0.25) is 0 Å². The number of nitrogens with two attached hydrogens (primary N) is 1. The first kappa shape index (κ1) is 18.1. The highest BCUT2D eigenvalue weighted by atomic mass is 16.5. The van der Waals surface area contributed by atoms with Crippen molar-refractivity contribution >= 4 is 5.84 Å². The van der Waals surface area contributed by atoms with Crippen LogP contribution in [-0.2, 0) is 6.54 Å². The van der Waals surface area contributed by atoms with Gasteiger partial charge in [-0.3, -0.25) is 4.99 Å². The minimum atomic E-state index is 0.293. The Hall–Kier alpha value is -3.32. The monoisotopic (exact) mass is 378 g/mol. The van der Waals surface area contributed by atoms with Gasteiger partial charge in [0, 0.05) is 30.8 Å². The van der Waals surface area contributed by atoms with Crippen LogP contribution >= 0.6 is 0 Å². The van der Waals surface area contributed by atoms with Crippen LogP contribution in [0.4, 0.5) is 0 Å². The molecule has 0 saturated carbocycles. The second-order valence-corrected chi connectivity index (χ2v) is 6.50. The van der Waals surface area contributed by atoms with Crippen molar-refractivity contribution in [2.75, 3.05) is 27.2 Å². The summed E-state index contributed by atoms with van der Waals surface area (Å²) in [6, 6.07) is 15.2. The Bertz CT molecular complexity index is 995. The Labute approximate surface area is 163 Å². The number of rotatable bonds is 6. The average Bonchev–Trinajstić information content (AvgIpc) is 3.37. The van der Waals surface area contributed by atoms with E-state index in [9.17, 15) is 0 Å². The Morgan fingerprint density at radius 1 is 1.11 bits per heavy atom. The van der Waals surface area contributed by atoms with Crippen molar-refractivity contribution in [3.05, 3.63) is 59.9 Å². The molecule has 2 heterocycles. The largest absolute Gasteiger partial charge is 0.497 e. The predicted molar refractivity (Wildman–Crippen MR) is 107 cm³/mol. The van der Waals surface area contributed by atoms with Crippen LogP contribution in [0.5, 0.6) is 17.2 Å². The molecule has 28 heavy (non-hydrogen) atoms. The summed E-state index contributed by atoms with van der Waals surface area (Å²) in [5.41, 5.74) is 8.15. The van der Waals surface area contributed by atoms with E-state index in [-0.39, 0.29) is 0 Å². The van der Waals surface area contributed by atoms with Gasteiger partial charge in [-0.25, -0.2) is 0 Å². The number of aliphatic imine (C=N–C) groups is 1. The number of ether oxygens (including phenoxy) is 2. The number of aromatic nitrogens is 1. The summed E-state index contributed by atoms with van der Waals surface area (Å²) in [6.45, 7) is 2.00. The highest BCUT2D eigenvalue weighted by Gasteiger charge is 2.19. The molecule has 1 aliphatic rings. The molecule has 144 valence electrons. The van der Waals surface area contributed by atoms with Gasteiger partial charge in [-0.1, -0.05) is 11.2 Å². The molecule has 0 fully saturated rings. The van der Waals surface area contributed by atoms with E-state index in [0.29, 0.717) is 29.5 Å². The fourth-order valence-corrected chi connectivity index (χ4v) is 3.11. The zero-order valence-corrected chi connectivity index (χ0v) is 15.9. The highest BCUT2D eigenvalue weighted by Crippen LogP contribution is 2.35. The Morgan fingerprint density at radius 3 is 2.54 bits per heavy atom. The van der Waals surface area contributed by atoms with E-state index in [1.165, 1.54) is 0 Å². The number of nitrogens with zero attached hydrogens (tertiary/aromatic N) is 3. The molecule has 0 saturated heterocycles. The minimum Gasteiger partial charge on any atom is -0.497 e. The van der Waals surface area contributed by atoms with Gasteiger partial charge in [0.15, 0.2) is 5.76 Å². The van der Waals surface area contributed by atoms with Gasteiger partial charge in [0.2, 0.25) is 0 Å². The fourth-order valence-electron chi connectivity index (χ4n) is 3.11. The average molecular weight is 378 g/mol. The van der Waals surface area contributed by atoms with Crippen molar-refractivity contribution < 1.29 is 14.0 Å². The predicted octanol–water partition coefficient (Wildman–Crippen LogP) is 3.29. The maximum Gasteiger partial charge on any atom is 0.150 e. The van der Waals surface area contributed by atoms with Crippen LogP contribution in [0, 0.1) is 0 Å². The maximum atomic E-state index is 6.20. The van der Waals surface area contributed by atoms with Crippen molar-refractivity contribution in [1.82, 2.24) is 10.1 Å². The number of benzene rings is 2. The van der Waals surface area contributed by atoms with Crippen LogP contribution in [0.1, 0.15) is 11.3 Å². The van der Waals surface area contributed by atoms with Gasteiger partial charge in [-0.05, 0) is 36.4 Å². The second kappa shape index (κ2) is 7.74. The Balaban J connectivity index is 1.74. The summed E-state index contributed by atoms with van der Waals surface area (Å²) in [5, 5.41) is 4.13.